The largest absolute Gasteiger partial charge is 0.208 e. The van der Waals surface area contributed by atoms with Gasteiger partial charge in [-0.1, -0.05) is 140 Å². The van der Waals surface area contributed by atoms with E-state index in [4.69, 9.17) is 15.0 Å². The summed E-state index contributed by atoms with van der Waals surface area (Å²) in [6.07, 6.45) is 8.31. The van der Waals surface area contributed by atoms with Crippen molar-refractivity contribution in [2.45, 2.75) is 49.4 Å². The van der Waals surface area contributed by atoms with Crippen LogP contribution in [-0.4, -0.2) is 15.0 Å². The molecule has 55 heavy (non-hydrogen) atoms. The average Bonchev–Trinajstić information content (AvgIpc) is 3.54. The van der Waals surface area contributed by atoms with Crippen LogP contribution in [-0.2, 0) is 10.8 Å². The molecule has 5 aliphatic carbocycles. The fourth-order valence-electron chi connectivity index (χ4n) is 11.6. The molecule has 0 amide bonds. The van der Waals surface area contributed by atoms with E-state index in [1.165, 1.54) is 60.8 Å². The maximum Gasteiger partial charge on any atom is 0.164 e. The number of aromatic nitrogens is 3. The maximum absolute atomic E-state index is 10.2. The van der Waals surface area contributed by atoms with Crippen molar-refractivity contribution in [3.05, 3.63) is 185 Å². The lowest BCUT2D eigenvalue weighted by atomic mass is 9.48. The molecular formula is C51H40N4. The molecule has 4 bridgehead atoms. The van der Waals surface area contributed by atoms with Gasteiger partial charge in [0, 0.05) is 16.7 Å². The van der Waals surface area contributed by atoms with Crippen LogP contribution in [0.5, 0.6) is 0 Å². The Morgan fingerprint density at radius 1 is 0.473 bits per heavy atom. The summed E-state index contributed by atoms with van der Waals surface area (Å²) < 4.78 is 0. The predicted octanol–water partition coefficient (Wildman–Crippen LogP) is 11.6. The minimum atomic E-state index is -0.692. The standard InChI is InChI=1S/C51H40N4/c52-32-33-19-24-45-44(28-33)42-17-10-18-43(49-54-47(37-11-4-1-5-12-37)53-48(55-49)38-13-6-2-7-14-38)46(42)51(45,40-15-8-3-9-16-40)41-22-20-39(21-23-41)50-29-34-25-35(30-50)27-36(26-34)31-50/h1-24,28,34-36H,25-27,29-31H2/t34-,35+,36-,50?,51?. The lowest BCUT2D eigenvalue weighted by molar-refractivity contribution is -0.00519. The number of benzene rings is 6. The molecule has 0 saturated heterocycles. The van der Waals surface area contributed by atoms with Crippen molar-refractivity contribution in [2.75, 3.05) is 0 Å². The van der Waals surface area contributed by atoms with Gasteiger partial charge in [0.1, 0.15) is 0 Å². The molecule has 0 N–H and O–H groups in total. The summed E-state index contributed by atoms with van der Waals surface area (Å²) in [6.45, 7) is 0. The summed E-state index contributed by atoms with van der Waals surface area (Å²) in [6, 6.07) is 56.3. The van der Waals surface area contributed by atoms with Gasteiger partial charge in [0.05, 0.1) is 17.0 Å². The Morgan fingerprint density at radius 2 is 0.982 bits per heavy atom. The van der Waals surface area contributed by atoms with E-state index in [1.807, 2.05) is 42.5 Å². The van der Waals surface area contributed by atoms with Crippen molar-refractivity contribution in [1.82, 2.24) is 15.0 Å². The third-order valence-corrected chi connectivity index (χ3v) is 13.4. The molecule has 6 aromatic carbocycles. The van der Waals surface area contributed by atoms with E-state index in [2.05, 4.69) is 115 Å². The van der Waals surface area contributed by atoms with Crippen molar-refractivity contribution in [1.29, 1.82) is 5.26 Å². The highest BCUT2D eigenvalue weighted by atomic mass is 15.0. The second kappa shape index (κ2) is 12.4. The Hall–Kier alpha value is -6.18. The molecule has 12 rings (SSSR count). The van der Waals surface area contributed by atoms with Crippen molar-refractivity contribution in [2.24, 2.45) is 17.8 Å². The van der Waals surface area contributed by atoms with E-state index in [0.29, 0.717) is 28.5 Å². The molecule has 4 nitrogen and oxygen atoms in total. The number of rotatable bonds is 6. The normalized spacial score (nSPS) is 24.2. The van der Waals surface area contributed by atoms with E-state index >= 15 is 0 Å². The van der Waals surface area contributed by atoms with Gasteiger partial charge in [0.2, 0.25) is 0 Å². The fourth-order valence-corrected chi connectivity index (χ4v) is 11.6. The van der Waals surface area contributed by atoms with Crippen LogP contribution in [0.1, 0.15) is 71.9 Å². The third kappa shape index (κ3) is 4.99. The molecule has 0 spiro atoms. The molecule has 0 aliphatic heterocycles. The van der Waals surface area contributed by atoms with Gasteiger partial charge < -0.3 is 0 Å². The Bertz CT molecular complexity index is 2530. The first-order valence-corrected chi connectivity index (χ1v) is 19.8. The summed E-state index contributed by atoms with van der Waals surface area (Å²) in [5.41, 5.74) is 11.5. The molecule has 1 atom stereocenters. The van der Waals surface area contributed by atoms with Gasteiger partial charge in [-0.2, -0.15) is 5.26 Å². The van der Waals surface area contributed by atoms with Crippen LogP contribution < -0.4 is 0 Å². The van der Waals surface area contributed by atoms with Gasteiger partial charge in [0.15, 0.2) is 17.5 Å². The summed E-state index contributed by atoms with van der Waals surface area (Å²) in [5, 5.41) is 10.2. The summed E-state index contributed by atoms with van der Waals surface area (Å²) in [7, 11) is 0. The lowest BCUT2D eigenvalue weighted by Crippen LogP contribution is -2.48. The second-order valence-corrected chi connectivity index (χ2v) is 16.5. The number of hydrogen-bond acceptors (Lipinski definition) is 4. The molecule has 264 valence electrons. The minimum absolute atomic E-state index is 0.304. The Labute approximate surface area is 322 Å². The number of nitriles is 1. The molecule has 1 unspecified atom stereocenters. The molecule has 0 radical (unpaired) electrons. The SMILES string of the molecule is N#Cc1ccc2c(c1)-c1cccc(-c3nc(-c4ccccc4)nc(-c4ccccc4)n3)c1C2(c1ccccc1)c1ccc(C23C[C@H]4C[C@@H](C2)C[C@@H](C3)C4)cc1. The van der Waals surface area contributed by atoms with E-state index in [1.54, 1.807) is 0 Å². The quantitative estimate of drug-likeness (QED) is 0.172. The zero-order valence-electron chi connectivity index (χ0n) is 30.7. The monoisotopic (exact) mass is 708 g/mol. The predicted molar refractivity (Wildman–Crippen MR) is 218 cm³/mol. The van der Waals surface area contributed by atoms with Crippen LogP contribution in [0, 0.1) is 29.1 Å². The smallest absolute Gasteiger partial charge is 0.164 e. The van der Waals surface area contributed by atoms with Gasteiger partial charge in [-0.3, -0.25) is 0 Å². The van der Waals surface area contributed by atoms with Crippen LogP contribution in [0.2, 0.25) is 0 Å². The molecule has 4 heteroatoms. The third-order valence-electron chi connectivity index (χ3n) is 13.4. The molecule has 4 fully saturated rings. The molecule has 7 aromatic rings. The molecule has 1 heterocycles. The van der Waals surface area contributed by atoms with Crippen LogP contribution in [0.4, 0.5) is 0 Å². The minimum Gasteiger partial charge on any atom is -0.208 e. The molecule has 4 saturated carbocycles. The molecule has 5 aliphatic rings. The number of nitrogens with zero attached hydrogens (tertiary/aromatic N) is 4. The highest BCUT2D eigenvalue weighted by molar-refractivity contribution is 5.92. The first kappa shape index (κ1) is 32.3. The van der Waals surface area contributed by atoms with Gasteiger partial charge in [-0.05, 0) is 113 Å². The summed E-state index contributed by atoms with van der Waals surface area (Å²) >= 11 is 0. The number of fused-ring (bicyclic) bond motifs is 3. The zero-order valence-corrected chi connectivity index (χ0v) is 30.7. The zero-order chi connectivity index (χ0) is 36.6. The molecule has 1 aromatic heterocycles. The first-order chi connectivity index (χ1) is 27.1. The van der Waals surface area contributed by atoms with Crippen molar-refractivity contribution in [3.63, 3.8) is 0 Å². The van der Waals surface area contributed by atoms with Gasteiger partial charge >= 0.3 is 0 Å². The molecular weight excluding hydrogens is 669 g/mol. The Morgan fingerprint density at radius 3 is 1.56 bits per heavy atom. The van der Waals surface area contributed by atoms with Gasteiger partial charge in [-0.15, -0.1) is 0 Å². The van der Waals surface area contributed by atoms with Crippen LogP contribution in [0.3, 0.4) is 0 Å². The summed E-state index contributed by atoms with van der Waals surface area (Å²) in [5.74, 6) is 4.55. The maximum atomic E-state index is 10.2. The Kier molecular flexibility index (Phi) is 7.29. The van der Waals surface area contributed by atoms with Crippen molar-refractivity contribution < 1.29 is 0 Å². The van der Waals surface area contributed by atoms with Crippen molar-refractivity contribution >= 4 is 0 Å². The number of hydrogen-bond donors (Lipinski definition) is 0. The van der Waals surface area contributed by atoms with E-state index < -0.39 is 5.41 Å². The van der Waals surface area contributed by atoms with Gasteiger partial charge in [0.25, 0.3) is 0 Å². The highest BCUT2D eigenvalue weighted by Crippen LogP contribution is 2.62. The van der Waals surface area contributed by atoms with Crippen LogP contribution in [0.15, 0.2) is 152 Å². The van der Waals surface area contributed by atoms with E-state index in [0.717, 1.165) is 51.1 Å². The lowest BCUT2D eigenvalue weighted by Gasteiger charge is -2.57. The summed E-state index contributed by atoms with van der Waals surface area (Å²) in [4.78, 5) is 15.6. The van der Waals surface area contributed by atoms with E-state index in [9.17, 15) is 5.26 Å². The van der Waals surface area contributed by atoms with Gasteiger partial charge in [-0.25, -0.2) is 15.0 Å². The van der Waals surface area contributed by atoms with Crippen LogP contribution in [0.25, 0.3) is 45.3 Å². The first-order valence-electron chi connectivity index (χ1n) is 19.8. The fraction of sp³-hybridized carbons (Fsp3) is 0.216. The van der Waals surface area contributed by atoms with Crippen molar-refractivity contribution in [3.8, 4) is 51.4 Å². The highest BCUT2D eigenvalue weighted by Gasteiger charge is 2.52. The Balaban J connectivity index is 1.18. The topological polar surface area (TPSA) is 62.5 Å². The average molecular weight is 709 g/mol. The second-order valence-electron chi connectivity index (χ2n) is 16.5. The van der Waals surface area contributed by atoms with E-state index in [-0.39, 0.29) is 0 Å². The van der Waals surface area contributed by atoms with Crippen LogP contribution >= 0.6 is 0 Å².